The van der Waals surface area contributed by atoms with E-state index in [-0.39, 0.29) is 17.7 Å². The molecule has 0 saturated carbocycles. The van der Waals surface area contributed by atoms with Crippen LogP contribution in [0, 0.1) is 3.57 Å². The summed E-state index contributed by atoms with van der Waals surface area (Å²) in [6.07, 6.45) is 1.82. The number of rotatable bonds is 7. The molecule has 2 heterocycles. The number of halogens is 2. The van der Waals surface area contributed by atoms with E-state index in [9.17, 15) is 9.59 Å². The van der Waals surface area contributed by atoms with Crippen LogP contribution < -0.4 is 29.1 Å². The molecule has 1 aliphatic rings. The van der Waals surface area contributed by atoms with Gasteiger partial charge >= 0.3 is 5.97 Å². The molecule has 2 aromatic carbocycles. The van der Waals surface area contributed by atoms with Crippen molar-refractivity contribution >= 4 is 61.9 Å². The first-order chi connectivity index (χ1) is 17.7. The highest BCUT2D eigenvalue weighted by molar-refractivity contribution is 14.1. The van der Waals surface area contributed by atoms with Gasteiger partial charge in [0.2, 0.25) is 0 Å². The van der Waals surface area contributed by atoms with Crippen LogP contribution in [-0.4, -0.2) is 38.5 Å². The van der Waals surface area contributed by atoms with Crippen LogP contribution in [0.2, 0.25) is 0 Å². The highest BCUT2D eigenvalue weighted by Crippen LogP contribution is 2.40. The van der Waals surface area contributed by atoms with Gasteiger partial charge in [-0.3, -0.25) is 9.36 Å². The summed E-state index contributed by atoms with van der Waals surface area (Å²) in [7, 11) is 4.69. The number of allylic oxidation sites excluding steroid dienone is 1. The first-order valence-corrected chi connectivity index (χ1v) is 13.9. The van der Waals surface area contributed by atoms with Crippen molar-refractivity contribution in [1.82, 2.24) is 4.57 Å². The molecule has 1 aromatic heterocycles. The molecule has 194 valence electrons. The Kier molecular flexibility index (Phi) is 8.44. The number of esters is 1. The van der Waals surface area contributed by atoms with E-state index >= 15 is 0 Å². The molecule has 37 heavy (non-hydrogen) atoms. The molecular weight excluding hydrogens is 675 g/mol. The maximum absolute atomic E-state index is 13.8. The number of methoxy groups -OCH3 is 3. The van der Waals surface area contributed by atoms with Gasteiger partial charge in [0.15, 0.2) is 16.3 Å². The van der Waals surface area contributed by atoms with Gasteiger partial charge in [0.25, 0.3) is 5.56 Å². The predicted octanol–water partition coefficient (Wildman–Crippen LogP) is 4.19. The Bertz CT molecular complexity index is 1590. The number of carbonyl (C=O) groups excluding carboxylic acids is 1. The third-order valence-electron chi connectivity index (χ3n) is 5.79. The van der Waals surface area contributed by atoms with Crippen LogP contribution in [0.25, 0.3) is 6.08 Å². The van der Waals surface area contributed by atoms with Crippen molar-refractivity contribution in [3.05, 3.63) is 80.5 Å². The van der Waals surface area contributed by atoms with Crippen LogP contribution in [0.5, 0.6) is 17.2 Å². The molecule has 11 heteroatoms. The number of hydrogen-bond acceptors (Lipinski definition) is 8. The van der Waals surface area contributed by atoms with E-state index in [1.807, 2.05) is 24.3 Å². The molecule has 0 N–H and O–H groups in total. The number of aromatic nitrogens is 1. The van der Waals surface area contributed by atoms with Crippen molar-refractivity contribution in [3.8, 4) is 17.2 Å². The van der Waals surface area contributed by atoms with E-state index in [0.717, 1.165) is 14.9 Å². The zero-order chi connectivity index (χ0) is 26.9. The van der Waals surface area contributed by atoms with Gasteiger partial charge in [0.05, 0.1) is 53.4 Å². The standard InChI is InChI=1S/C26H24BrIN2O6S/c1-6-36-25(32)22-13(2)29-26-30(23(22)15-11-19(34-4)20(35-5)12-16(15)27)24(31)21(37-26)10-14-7-8-18(33-3)17(28)9-14/h7-12,23H,6H2,1-5H3/b21-10+/t23-/m0/s1. The second-order valence-corrected chi connectivity index (χ2v) is 11.0. The SMILES string of the molecule is CCOC(=O)C1=C(C)N=c2s/c(=C/c3ccc(OC)c(I)c3)c(=O)n2[C@H]1c1cc(OC)c(OC)cc1Br. The van der Waals surface area contributed by atoms with E-state index in [4.69, 9.17) is 18.9 Å². The third-order valence-corrected chi connectivity index (χ3v) is 8.30. The highest BCUT2D eigenvalue weighted by atomic mass is 127. The van der Waals surface area contributed by atoms with Crippen molar-refractivity contribution < 1.29 is 23.7 Å². The van der Waals surface area contributed by atoms with E-state index in [1.54, 1.807) is 40.2 Å². The van der Waals surface area contributed by atoms with Crippen LogP contribution in [0.4, 0.5) is 0 Å². The molecule has 0 spiro atoms. The van der Waals surface area contributed by atoms with Gasteiger partial charge < -0.3 is 18.9 Å². The minimum atomic E-state index is -0.789. The summed E-state index contributed by atoms with van der Waals surface area (Å²) >= 11 is 7.06. The highest BCUT2D eigenvalue weighted by Gasteiger charge is 2.35. The van der Waals surface area contributed by atoms with Gasteiger partial charge in [-0.05, 0) is 77.9 Å². The Morgan fingerprint density at radius 2 is 1.81 bits per heavy atom. The van der Waals surface area contributed by atoms with Crippen molar-refractivity contribution in [2.45, 2.75) is 19.9 Å². The fourth-order valence-corrected chi connectivity index (χ4v) is 6.43. The maximum atomic E-state index is 13.8. The number of nitrogens with zero attached hydrogens (tertiary/aromatic N) is 2. The van der Waals surface area contributed by atoms with Crippen LogP contribution in [0.1, 0.15) is 31.0 Å². The first kappa shape index (κ1) is 27.4. The fraction of sp³-hybridized carbons (Fsp3) is 0.269. The van der Waals surface area contributed by atoms with E-state index < -0.39 is 12.0 Å². The van der Waals surface area contributed by atoms with Crippen LogP contribution >= 0.6 is 49.9 Å². The lowest BCUT2D eigenvalue weighted by Gasteiger charge is -2.26. The molecule has 0 saturated heterocycles. The second kappa shape index (κ2) is 11.4. The Balaban J connectivity index is 1.99. The van der Waals surface area contributed by atoms with Crippen molar-refractivity contribution in [2.75, 3.05) is 27.9 Å². The quantitative estimate of drug-likeness (QED) is 0.272. The molecule has 0 bridgehead atoms. The van der Waals surface area contributed by atoms with Gasteiger partial charge in [0, 0.05) is 4.47 Å². The lowest BCUT2D eigenvalue weighted by atomic mass is 9.95. The molecule has 4 rings (SSSR count). The van der Waals surface area contributed by atoms with Gasteiger partial charge in [-0.2, -0.15) is 0 Å². The molecule has 0 fully saturated rings. The van der Waals surface area contributed by atoms with Crippen molar-refractivity contribution in [2.24, 2.45) is 4.99 Å². The Morgan fingerprint density at radius 3 is 2.43 bits per heavy atom. The van der Waals surface area contributed by atoms with E-state index in [0.29, 0.717) is 36.6 Å². The normalized spacial score (nSPS) is 15.2. The Hall–Kier alpha value is -2.64. The van der Waals surface area contributed by atoms with E-state index in [1.165, 1.54) is 23.0 Å². The molecule has 1 aliphatic heterocycles. The van der Waals surface area contributed by atoms with E-state index in [2.05, 4.69) is 43.5 Å². The Labute approximate surface area is 239 Å². The largest absolute Gasteiger partial charge is 0.496 e. The minimum absolute atomic E-state index is 0.190. The molecule has 0 amide bonds. The van der Waals surface area contributed by atoms with Crippen molar-refractivity contribution in [3.63, 3.8) is 0 Å². The molecule has 8 nitrogen and oxygen atoms in total. The summed E-state index contributed by atoms with van der Waals surface area (Å²) in [6.45, 7) is 3.67. The van der Waals surface area contributed by atoms with Crippen molar-refractivity contribution in [1.29, 1.82) is 0 Å². The summed E-state index contributed by atoms with van der Waals surface area (Å²) in [4.78, 5) is 32.1. The predicted molar refractivity (Wildman–Crippen MR) is 153 cm³/mol. The Morgan fingerprint density at radius 1 is 1.14 bits per heavy atom. The van der Waals surface area contributed by atoms with Gasteiger partial charge in [-0.1, -0.05) is 33.3 Å². The number of thiazole rings is 1. The fourth-order valence-electron chi connectivity index (χ4n) is 4.09. The molecule has 3 aromatic rings. The van der Waals surface area contributed by atoms with Crippen LogP contribution in [0.3, 0.4) is 0 Å². The minimum Gasteiger partial charge on any atom is -0.496 e. The summed E-state index contributed by atoms with van der Waals surface area (Å²) in [5.41, 5.74) is 1.99. The van der Waals surface area contributed by atoms with Gasteiger partial charge in [0.1, 0.15) is 5.75 Å². The zero-order valence-electron chi connectivity index (χ0n) is 20.8. The average Bonchev–Trinajstić information content (AvgIpc) is 3.17. The van der Waals surface area contributed by atoms with Crippen LogP contribution in [0.15, 0.2) is 55.9 Å². The number of ether oxygens (including phenoxy) is 4. The number of fused-ring (bicyclic) bond motifs is 1. The summed E-state index contributed by atoms with van der Waals surface area (Å²) in [5.74, 6) is 1.20. The number of carbonyl (C=O) groups is 1. The second-order valence-electron chi connectivity index (χ2n) is 7.92. The smallest absolute Gasteiger partial charge is 0.338 e. The monoisotopic (exact) mass is 698 g/mol. The number of hydrogen-bond donors (Lipinski definition) is 0. The summed E-state index contributed by atoms with van der Waals surface area (Å²) in [6, 6.07) is 8.40. The van der Waals surface area contributed by atoms with Crippen LogP contribution in [-0.2, 0) is 9.53 Å². The molecule has 0 aliphatic carbocycles. The first-order valence-electron chi connectivity index (χ1n) is 11.2. The lowest BCUT2D eigenvalue weighted by molar-refractivity contribution is -0.139. The zero-order valence-corrected chi connectivity index (χ0v) is 25.3. The maximum Gasteiger partial charge on any atom is 0.338 e. The molecule has 1 atom stereocenters. The summed E-state index contributed by atoms with van der Waals surface area (Å²) in [5, 5.41) is 0. The lowest BCUT2D eigenvalue weighted by Crippen LogP contribution is -2.40. The topological polar surface area (TPSA) is 88.4 Å². The average molecular weight is 699 g/mol. The van der Waals surface area contributed by atoms with Gasteiger partial charge in [-0.25, -0.2) is 9.79 Å². The number of benzene rings is 2. The molecule has 0 unspecified atom stereocenters. The molecule has 0 radical (unpaired) electrons. The van der Waals surface area contributed by atoms with Gasteiger partial charge in [-0.15, -0.1) is 0 Å². The summed E-state index contributed by atoms with van der Waals surface area (Å²) < 4.78 is 25.3. The molecular formula is C26H24BrIN2O6S. The third kappa shape index (κ3) is 5.21.